The van der Waals surface area contributed by atoms with Crippen molar-refractivity contribution >= 4 is 34.9 Å². The Bertz CT molecular complexity index is 686. The number of hydrogen-bond acceptors (Lipinski definition) is 4. The molecular weight excluding hydrogens is 316 g/mol. The molecule has 0 heterocycles. The third-order valence-corrected chi connectivity index (χ3v) is 3.32. The van der Waals surface area contributed by atoms with Crippen molar-refractivity contribution in [2.24, 2.45) is 0 Å². The van der Waals surface area contributed by atoms with Crippen molar-refractivity contribution in [1.82, 2.24) is 0 Å². The van der Waals surface area contributed by atoms with Gasteiger partial charge in [-0.1, -0.05) is 23.7 Å². The van der Waals surface area contributed by atoms with Crippen molar-refractivity contribution in [3.8, 4) is 0 Å². The van der Waals surface area contributed by atoms with Gasteiger partial charge in [-0.25, -0.2) is 4.79 Å². The molecule has 2 rings (SSSR count). The second-order valence-electron chi connectivity index (χ2n) is 4.68. The number of carbonyl (C=O) groups is 2. The smallest absolute Gasteiger partial charge is 0.338 e. The van der Waals surface area contributed by atoms with Gasteiger partial charge in [-0.15, -0.1) is 0 Å². The molecule has 0 saturated carbocycles. The fourth-order valence-electron chi connectivity index (χ4n) is 1.89. The molecule has 0 aliphatic rings. The van der Waals surface area contributed by atoms with Gasteiger partial charge in [0.25, 0.3) is 0 Å². The van der Waals surface area contributed by atoms with Crippen LogP contribution in [-0.2, 0) is 9.53 Å². The molecule has 0 atom stereocenters. The minimum Gasteiger partial charge on any atom is -0.462 e. The molecule has 2 aromatic carbocycles. The van der Waals surface area contributed by atoms with Crippen LogP contribution in [0.3, 0.4) is 0 Å². The fraction of sp³-hybridized carbons (Fsp3) is 0.176. The zero-order valence-corrected chi connectivity index (χ0v) is 13.4. The number of benzene rings is 2. The second kappa shape index (κ2) is 8.19. The molecule has 0 bridgehead atoms. The van der Waals surface area contributed by atoms with Gasteiger partial charge in [0.1, 0.15) is 0 Å². The Kier molecular flexibility index (Phi) is 6.00. The van der Waals surface area contributed by atoms with E-state index in [1.165, 1.54) is 0 Å². The van der Waals surface area contributed by atoms with Crippen LogP contribution in [-0.4, -0.2) is 25.0 Å². The summed E-state index contributed by atoms with van der Waals surface area (Å²) in [5.41, 5.74) is 1.74. The predicted octanol–water partition coefficient (Wildman–Crippen LogP) is 3.57. The molecular formula is C17H17ClN2O3. The van der Waals surface area contributed by atoms with Crippen LogP contribution in [0.25, 0.3) is 0 Å². The van der Waals surface area contributed by atoms with Gasteiger partial charge in [-0.2, -0.15) is 0 Å². The summed E-state index contributed by atoms with van der Waals surface area (Å²) in [5, 5.41) is 6.25. The third-order valence-electron chi connectivity index (χ3n) is 2.99. The van der Waals surface area contributed by atoms with Crippen LogP contribution in [0.5, 0.6) is 0 Å². The number of rotatable bonds is 6. The Morgan fingerprint density at radius 2 is 1.78 bits per heavy atom. The number of esters is 1. The molecule has 120 valence electrons. The van der Waals surface area contributed by atoms with Gasteiger partial charge < -0.3 is 15.4 Å². The second-order valence-corrected chi connectivity index (χ2v) is 5.09. The summed E-state index contributed by atoms with van der Waals surface area (Å²) in [5.74, 6) is -0.598. The quantitative estimate of drug-likeness (QED) is 0.794. The number of para-hydroxylation sites is 1. The Balaban J connectivity index is 1.88. The van der Waals surface area contributed by atoms with E-state index in [9.17, 15) is 9.59 Å². The molecule has 0 aliphatic heterocycles. The van der Waals surface area contributed by atoms with E-state index >= 15 is 0 Å². The molecule has 0 saturated heterocycles. The van der Waals surface area contributed by atoms with Gasteiger partial charge in [0, 0.05) is 5.69 Å². The van der Waals surface area contributed by atoms with E-state index in [2.05, 4.69) is 10.6 Å². The fourth-order valence-corrected chi connectivity index (χ4v) is 2.09. The summed E-state index contributed by atoms with van der Waals surface area (Å²) >= 11 is 6.00. The summed E-state index contributed by atoms with van der Waals surface area (Å²) < 4.78 is 4.90. The lowest BCUT2D eigenvalue weighted by atomic mass is 10.2. The zero-order chi connectivity index (χ0) is 16.7. The molecule has 5 nitrogen and oxygen atoms in total. The summed E-state index contributed by atoms with van der Waals surface area (Å²) in [6.45, 7) is 2.16. The maximum absolute atomic E-state index is 11.9. The SMILES string of the molecule is CCOC(=O)c1ccc(NC(=O)CNc2ccccc2Cl)cc1. The molecule has 2 aromatic rings. The van der Waals surface area contributed by atoms with Gasteiger partial charge in [0.05, 0.1) is 29.4 Å². The predicted molar refractivity (Wildman–Crippen MR) is 91.0 cm³/mol. The van der Waals surface area contributed by atoms with Crippen LogP contribution in [0.1, 0.15) is 17.3 Å². The minimum absolute atomic E-state index is 0.0867. The first-order valence-corrected chi connectivity index (χ1v) is 7.53. The molecule has 6 heteroatoms. The van der Waals surface area contributed by atoms with Crippen LogP contribution >= 0.6 is 11.6 Å². The van der Waals surface area contributed by atoms with Crippen LogP contribution in [0.4, 0.5) is 11.4 Å². The van der Waals surface area contributed by atoms with Crippen molar-refractivity contribution in [3.63, 3.8) is 0 Å². The molecule has 23 heavy (non-hydrogen) atoms. The van der Waals surface area contributed by atoms with Crippen molar-refractivity contribution in [1.29, 1.82) is 0 Å². The summed E-state index contributed by atoms with van der Waals surface area (Å²) in [4.78, 5) is 23.4. The summed E-state index contributed by atoms with van der Waals surface area (Å²) in [6.07, 6.45) is 0. The van der Waals surface area contributed by atoms with E-state index in [-0.39, 0.29) is 18.4 Å². The number of hydrogen-bond donors (Lipinski definition) is 2. The van der Waals surface area contributed by atoms with Crippen LogP contribution in [0, 0.1) is 0 Å². The van der Waals surface area contributed by atoms with E-state index in [1.807, 2.05) is 12.1 Å². The normalized spacial score (nSPS) is 10.0. The average Bonchev–Trinajstić information content (AvgIpc) is 2.55. The van der Waals surface area contributed by atoms with E-state index in [4.69, 9.17) is 16.3 Å². The lowest BCUT2D eigenvalue weighted by molar-refractivity contribution is -0.114. The van der Waals surface area contributed by atoms with Gasteiger partial charge in [-0.05, 0) is 43.3 Å². The highest BCUT2D eigenvalue weighted by Crippen LogP contribution is 2.20. The Hall–Kier alpha value is -2.53. The molecule has 0 aliphatic carbocycles. The monoisotopic (exact) mass is 332 g/mol. The summed E-state index contributed by atoms with van der Waals surface area (Å²) in [7, 11) is 0. The van der Waals surface area contributed by atoms with E-state index in [0.29, 0.717) is 28.6 Å². The van der Waals surface area contributed by atoms with E-state index < -0.39 is 0 Å². The first kappa shape index (κ1) is 16.8. The van der Waals surface area contributed by atoms with Crippen molar-refractivity contribution in [3.05, 3.63) is 59.1 Å². The molecule has 0 fully saturated rings. The highest BCUT2D eigenvalue weighted by molar-refractivity contribution is 6.33. The standard InChI is InChI=1S/C17H17ClN2O3/c1-2-23-17(22)12-7-9-13(10-8-12)20-16(21)11-19-15-6-4-3-5-14(15)18/h3-10,19H,2,11H2,1H3,(H,20,21). The zero-order valence-electron chi connectivity index (χ0n) is 12.6. The number of anilines is 2. The van der Waals surface area contributed by atoms with E-state index in [0.717, 1.165) is 0 Å². The number of ether oxygens (including phenoxy) is 1. The highest BCUT2D eigenvalue weighted by Gasteiger charge is 2.07. The van der Waals surface area contributed by atoms with Crippen molar-refractivity contribution in [2.75, 3.05) is 23.8 Å². The first-order valence-electron chi connectivity index (χ1n) is 7.15. The van der Waals surface area contributed by atoms with Crippen molar-refractivity contribution in [2.45, 2.75) is 6.92 Å². The Morgan fingerprint density at radius 3 is 2.43 bits per heavy atom. The Morgan fingerprint density at radius 1 is 1.09 bits per heavy atom. The van der Waals surface area contributed by atoms with Gasteiger partial charge in [-0.3, -0.25) is 4.79 Å². The summed E-state index contributed by atoms with van der Waals surface area (Å²) in [6, 6.07) is 13.7. The lowest BCUT2D eigenvalue weighted by Crippen LogP contribution is -2.21. The maximum atomic E-state index is 11.9. The van der Waals surface area contributed by atoms with Gasteiger partial charge >= 0.3 is 5.97 Å². The van der Waals surface area contributed by atoms with Gasteiger partial charge in [0.2, 0.25) is 5.91 Å². The van der Waals surface area contributed by atoms with Crippen LogP contribution in [0.15, 0.2) is 48.5 Å². The van der Waals surface area contributed by atoms with Crippen LogP contribution < -0.4 is 10.6 Å². The lowest BCUT2D eigenvalue weighted by Gasteiger charge is -2.09. The number of nitrogens with one attached hydrogen (secondary N) is 2. The molecule has 0 spiro atoms. The van der Waals surface area contributed by atoms with Crippen molar-refractivity contribution < 1.29 is 14.3 Å². The topological polar surface area (TPSA) is 67.4 Å². The number of amides is 1. The largest absolute Gasteiger partial charge is 0.462 e. The molecule has 0 radical (unpaired) electrons. The molecule has 1 amide bonds. The third kappa shape index (κ3) is 5.00. The first-order chi connectivity index (χ1) is 11.1. The van der Waals surface area contributed by atoms with E-state index in [1.54, 1.807) is 43.3 Å². The Labute approximate surface area is 139 Å². The number of halogens is 1. The molecule has 2 N–H and O–H groups in total. The minimum atomic E-state index is -0.384. The molecule has 0 unspecified atom stereocenters. The molecule has 0 aromatic heterocycles. The van der Waals surface area contributed by atoms with Crippen LogP contribution in [0.2, 0.25) is 5.02 Å². The van der Waals surface area contributed by atoms with Gasteiger partial charge in [0.15, 0.2) is 0 Å². The average molecular weight is 333 g/mol. The number of carbonyl (C=O) groups excluding carboxylic acids is 2. The maximum Gasteiger partial charge on any atom is 0.338 e. The highest BCUT2D eigenvalue weighted by atomic mass is 35.5.